The first-order valence-electron chi connectivity index (χ1n) is 7.86. The Morgan fingerprint density at radius 1 is 1.32 bits per heavy atom. The van der Waals surface area contributed by atoms with Gasteiger partial charge in [0.15, 0.2) is 10.9 Å². The lowest BCUT2D eigenvalue weighted by molar-refractivity contribution is 0.0643. The first kappa shape index (κ1) is 18.5. The van der Waals surface area contributed by atoms with Crippen LogP contribution in [0.15, 0.2) is 38.7 Å². The summed E-state index contributed by atoms with van der Waals surface area (Å²) in [5, 5.41) is 1.30. The van der Waals surface area contributed by atoms with Gasteiger partial charge in [0.05, 0.1) is 15.7 Å². The fraction of sp³-hybridized carbons (Fsp3) is 0.353. The van der Waals surface area contributed by atoms with Crippen molar-refractivity contribution >= 4 is 46.6 Å². The van der Waals surface area contributed by atoms with Crippen molar-refractivity contribution in [3.8, 4) is 0 Å². The van der Waals surface area contributed by atoms with Crippen LogP contribution in [0.4, 0.5) is 5.69 Å². The Morgan fingerprint density at radius 3 is 2.68 bits per heavy atom. The van der Waals surface area contributed by atoms with E-state index in [0.717, 1.165) is 12.8 Å². The molecule has 0 bridgehead atoms. The van der Waals surface area contributed by atoms with Crippen LogP contribution in [0.5, 0.6) is 0 Å². The maximum absolute atomic E-state index is 12.6. The first-order chi connectivity index (χ1) is 11.8. The summed E-state index contributed by atoms with van der Waals surface area (Å²) >= 11 is 13.5. The van der Waals surface area contributed by atoms with Crippen LogP contribution < -0.4 is 11.5 Å². The van der Waals surface area contributed by atoms with Gasteiger partial charge in [0.2, 0.25) is 0 Å². The fourth-order valence-corrected chi connectivity index (χ4v) is 3.94. The molecule has 2 heterocycles. The van der Waals surface area contributed by atoms with E-state index in [1.165, 1.54) is 11.8 Å². The maximum Gasteiger partial charge on any atom is 0.289 e. The first-order valence-corrected chi connectivity index (χ1v) is 9.43. The van der Waals surface area contributed by atoms with Gasteiger partial charge < -0.3 is 20.8 Å². The molecule has 2 aromatic rings. The van der Waals surface area contributed by atoms with E-state index in [4.69, 9.17) is 39.1 Å². The molecule has 0 spiro atoms. The Kier molecular flexibility index (Phi) is 5.25. The zero-order valence-electron chi connectivity index (χ0n) is 13.7. The summed E-state index contributed by atoms with van der Waals surface area (Å²) in [5.74, 6) is 0.0463. The number of carbonyl (C=O) groups is 1. The number of anilines is 1. The Hall–Kier alpha value is -1.34. The highest BCUT2D eigenvalue weighted by atomic mass is 35.5. The lowest BCUT2D eigenvalue weighted by atomic mass is 9.91. The summed E-state index contributed by atoms with van der Waals surface area (Å²) in [6.45, 7) is 3.22. The Balaban J connectivity index is 1.76. The second-order valence-corrected chi connectivity index (χ2v) is 8.25. The van der Waals surface area contributed by atoms with Crippen molar-refractivity contribution in [1.29, 1.82) is 0 Å². The summed E-state index contributed by atoms with van der Waals surface area (Å²) in [5.41, 5.74) is 12.3. The third-order valence-electron chi connectivity index (χ3n) is 4.25. The Bertz CT molecular complexity index is 797. The van der Waals surface area contributed by atoms with E-state index in [9.17, 15) is 4.79 Å². The number of piperidine rings is 1. The number of likely N-dealkylation sites (tertiary alicyclic amines) is 1. The van der Waals surface area contributed by atoms with E-state index in [-0.39, 0.29) is 17.2 Å². The van der Waals surface area contributed by atoms with Crippen LogP contribution in [0.1, 0.15) is 30.3 Å². The van der Waals surface area contributed by atoms with Gasteiger partial charge >= 0.3 is 0 Å². The summed E-state index contributed by atoms with van der Waals surface area (Å²) < 4.78 is 5.69. The van der Waals surface area contributed by atoms with Gasteiger partial charge in [-0.2, -0.15) is 0 Å². The Morgan fingerprint density at radius 2 is 2.00 bits per heavy atom. The monoisotopic (exact) mass is 399 g/mol. The van der Waals surface area contributed by atoms with Crippen molar-refractivity contribution in [2.75, 3.05) is 18.8 Å². The predicted molar refractivity (Wildman–Crippen MR) is 101 cm³/mol. The third-order valence-corrected chi connectivity index (χ3v) is 6.24. The highest BCUT2D eigenvalue weighted by Gasteiger charge is 2.30. The summed E-state index contributed by atoms with van der Waals surface area (Å²) in [7, 11) is 0. The molecule has 0 unspecified atom stereocenters. The molecule has 3 rings (SSSR count). The molecule has 5 nitrogen and oxygen atoms in total. The van der Waals surface area contributed by atoms with Crippen molar-refractivity contribution in [3.05, 3.63) is 40.1 Å². The smallest absolute Gasteiger partial charge is 0.289 e. The molecule has 1 aromatic heterocycles. The third kappa shape index (κ3) is 4.08. The molecule has 1 aromatic carbocycles. The van der Waals surface area contributed by atoms with Crippen molar-refractivity contribution in [3.63, 3.8) is 0 Å². The van der Waals surface area contributed by atoms with E-state index in [1.54, 1.807) is 23.1 Å². The number of hydrogen-bond donors (Lipinski definition) is 2. The summed E-state index contributed by atoms with van der Waals surface area (Å²) in [4.78, 5) is 15.1. The van der Waals surface area contributed by atoms with Crippen LogP contribution >= 0.6 is 35.0 Å². The van der Waals surface area contributed by atoms with Crippen molar-refractivity contribution in [2.24, 2.45) is 5.73 Å². The minimum absolute atomic E-state index is 0.175. The molecular weight excluding hydrogens is 381 g/mol. The highest BCUT2D eigenvalue weighted by molar-refractivity contribution is 7.99. The van der Waals surface area contributed by atoms with Crippen LogP contribution in [-0.4, -0.2) is 29.4 Å². The normalized spacial score (nSPS) is 16.9. The van der Waals surface area contributed by atoms with E-state index < -0.39 is 0 Å². The molecule has 8 heteroatoms. The highest BCUT2D eigenvalue weighted by Crippen LogP contribution is 2.40. The fourth-order valence-electron chi connectivity index (χ4n) is 2.61. The number of carbonyl (C=O) groups excluding carboxylic acids is 1. The lowest BCUT2D eigenvalue weighted by Gasteiger charge is -2.36. The molecule has 0 saturated carbocycles. The minimum atomic E-state index is -0.219. The van der Waals surface area contributed by atoms with Crippen LogP contribution in [0.3, 0.4) is 0 Å². The molecule has 1 amide bonds. The number of nitrogens with two attached hydrogens (primary N) is 2. The maximum atomic E-state index is 12.6. The molecule has 1 aliphatic heterocycles. The van der Waals surface area contributed by atoms with Gasteiger partial charge in [-0.1, -0.05) is 29.3 Å². The number of amides is 1. The molecule has 0 atom stereocenters. The number of furan rings is 1. The number of nitrogens with zero attached hydrogens (tertiary/aromatic N) is 1. The second kappa shape index (κ2) is 7.11. The zero-order valence-corrected chi connectivity index (χ0v) is 16.0. The molecule has 1 fully saturated rings. The molecular formula is C17H19Cl2N3O2S. The van der Waals surface area contributed by atoms with Crippen LogP contribution in [-0.2, 0) is 0 Å². The van der Waals surface area contributed by atoms with Gasteiger partial charge in [-0.15, -0.1) is 0 Å². The van der Waals surface area contributed by atoms with Gasteiger partial charge in [-0.05, 0) is 43.7 Å². The summed E-state index contributed by atoms with van der Waals surface area (Å²) in [6.07, 6.45) is 1.52. The Labute approximate surface area is 160 Å². The van der Waals surface area contributed by atoms with Crippen LogP contribution in [0.25, 0.3) is 0 Å². The lowest BCUT2D eigenvalue weighted by Crippen LogP contribution is -2.49. The van der Waals surface area contributed by atoms with Crippen molar-refractivity contribution in [1.82, 2.24) is 4.90 Å². The van der Waals surface area contributed by atoms with E-state index in [2.05, 4.69) is 0 Å². The largest absolute Gasteiger partial charge is 0.442 e. The van der Waals surface area contributed by atoms with Crippen molar-refractivity contribution < 1.29 is 9.21 Å². The number of benzene rings is 1. The number of rotatable bonds is 3. The van der Waals surface area contributed by atoms with Gasteiger partial charge in [-0.3, -0.25) is 4.79 Å². The predicted octanol–water partition coefficient (Wildman–Crippen LogP) is 4.27. The van der Waals surface area contributed by atoms with Gasteiger partial charge in [0.25, 0.3) is 5.91 Å². The topological polar surface area (TPSA) is 85.5 Å². The molecule has 0 radical (unpaired) electrons. The summed E-state index contributed by atoms with van der Waals surface area (Å²) in [6, 6.07) is 6.86. The molecule has 25 heavy (non-hydrogen) atoms. The second-order valence-electron chi connectivity index (χ2n) is 6.45. The molecule has 0 aliphatic carbocycles. The van der Waals surface area contributed by atoms with Crippen molar-refractivity contribution in [2.45, 2.75) is 35.3 Å². The zero-order chi connectivity index (χ0) is 18.2. The SMILES string of the molecule is CC1(N)CCN(C(=O)c2cc(N)c(Sc3cccc(Cl)c3Cl)o2)CC1. The van der Waals surface area contributed by atoms with E-state index in [1.807, 2.05) is 13.0 Å². The number of nitrogen functional groups attached to an aromatic ring is 1. The van der Waals surface area contributed by atoms with E-state index in [0.29, 0.717) is 38.8 Å². The molecule has 4 N–H and O–H groups in total. The quantitative estimate of drug-likeness (QED) is 0.804. The number of halogens is 2. The van der Waals surface area contributed by atoms with Gasteiger partial charge in [0, 0.05) is 29.6 Å². The number of hydrogen-bond acceptors (Lipinski definition) is 5. The van der Waals surface area contributed by atoms with Gasteiger partial charge in [0.1, 0.15) is 0 Å². The van der Waals surface area contributed by atoms with E-state index >= 15 is 0 Å². The molecule has 1 saturated heterocycles. The van der Waals surface area contributed by atoms with Crippen LogP contribution in [0.2, 0.25) is 10.0 Å². The molecule has 134 valence electrons. The average Bonchev–Trinajstić information content (AvgIpc) is 2.92. The molecule has 1 aliphatic rings. The average molecular weight is 400 g/mol. The van der Waals surface area contributed by atoms with Crippen LogP contribution in [0, 0.1) is 0 Å². The minimum Gasteiger partial charge on any atom is -0.442 e. The van der Waals surface area contributed by atoms with Gasteiger partial charge in [-0.25, -0.2) is 0 Å². The standard InChI is InChI=1S/C17H19Cl2N3O2S/c1-17(21)5-7-22(8-6-17)15(23)12-9-11(20)16(24-12)25-13-4-2-3-10(18)14(13)19/h2-4,9H,5-8,20-21H2,1H3.